The fraction of sp³-hybridized carbons (Fsp3) is 0.208. The van der Waals surface area contributed by atoms with Gasteiger partial charge in [-0.15, -0.1) is 11.8 Å². The fourth-order valence-corrected chi connectivity index (χ4v) is 3.79. The molecule has 0 aliphatic heterocycles. The number of amides is 1. The number of nitrogens with zero attached hydrogens (tertiary/aromatic N) is 2. The molecule has 0 bridgehead atoms. The number of ether oxygens (including phenoxy) is 2. The highest BCUT2D eigenvalue weighted by Crippen LogP contribution is 2.30. The van der Waals surface area contributed by atoms with Gasteiger partial charge in [-0.2, -0.15) is 5.26 Å². The Morgan fingerprint density at radius 1 is 1.10 bits per heavy atom. The molecule has 0 saturated heterocycles. The highest BCUT2D eigenvalue weighted by molar-refractivity contribution is 7.99. The van der Waals surface area contributed by atoms with E-state index in [9.17, 15) is 10.1 Å². The summed E-state index contributed by atoms with van der Waals surface area (Å²) in [6.07, 6.45) is 0.265. The summed E-state index contributed by atoms with van der Waals surface area (Å²) >= 11 is 1.39. The highest BCUT2D eigenvalue weighted by atomic mass is 32.2. The minimum Gasteiger partial charge on any atom is -0.497 e. The molecule has 0 aliphatic rings. The summed E-state index contributed by atoms with van der Waals surface area (Å²) in [4.78, 5) is 17.0. The molecule has 7 heteroatoms. The minimum absolute atomic E-state index is 0.149. The zero-order valence-electron chi connectivity index (χ0n) is 17.6. The number of thioether (sulfide) groups is 1. The van der Waals surface area contributed by atoms with Crippen LogP contribution in [0.3, 0.4) is 0 Å². The van der Waals surface area contributed by atoms with Crippen molar-refractivity contribution in [3.8, 4) is 28.8 Å². The molecule has 3 rings (SSSR count). The van der Waals surface area contributed by atoms with E-state index in [0.29, 0.717) is 33.5 Å². The second-order valence-electron chi connectivity index (χ2n) is 6.74. The van der Waals surface area contributed by atoms with Gasteiger partial charge in [0.2, 0.25) is 5.91 Å². The van der Waals surface area contributed by atoms with Crippen molar-refractivity contribution in [2.24, 2.45) is 0 Å². The van der Waals surface area contributed by atoms with Gasteiger partial charge in [-0.1, -0.05) is 29.8 Å². The molecular formula is C24H23N3O3S. The number of carbonyl (C=O) groups excluding carboxylic acids is 1. The van der Waals surface area contributed by atoms with E-state index in [1.165, 1.54) is 24.4 Å². The molecule has 0 fully saturated rings. The number of hydrogen-bond donors (Lipinski definition) is 1. The fourth-order valence-electron chi connectivity index (χ4n) is 2.88. The first kappa shape index (κ1) is 22.2. The van der Waals surface area contributed by atoms with Crippen LogP contribution in [-0.2, 0) is 4.79 Å². The number of aromatic nitrogens is 1. The Labute approximate surface area is 186 Å². The number of carbonyl (C=O) groups is 1. The maximum Gasteiger partial charge on any atom is 0.225 e. The van der Waals surface area contributed by atoms with Crippen LogP contribution in [-0.4, -0.2) is 30.9 Å². The summed E-state index contributed by atoms with van der Waals surface area (Å²) in [5.74, 6) is 1.52. The minimum atomic E-state index is -0.149. The molecule has 1 aromatic heterocycles. The molecule has 6 nitrogen and oxygen atoms in total. The van der Waals surface area contributed by atoms with Crippen LogP contribution < -0.4 is 14.8 Å². The molecule has 1 amide bonds. The zero-order valence-corrected chi connectivity index (χ0v) is 18.5. The molecule has 1 N–H and O–H groups in total. The van der Waals surface area contributed by atoms with Crippen LogP contribution in [0.1, 0.15) is 17.5 Å². The van der Waals surface area contributed by atoms with Gasteiger partial charge in [-0.25, -0.2) is 4.98 Å². The van der Waals surface area contributed by atoms with E-state index in [1.54, 1.807) is 31.4 Å². The van der Waals surface area contributed by atoms with E-state index < -0.39 is 0 Å². The summed E-state index contributed by atoms with van der Waals surface area (Å²) in [6.45, 7) is 2.03. The third-order valence-corrected chi connectivity index (χ3v) is 5.57. The highest BCUT2D eigenvalue weighted by Gasteiger charge is 2.12. The van der Waals surface area contributed by atoms with E-state index in [1.807, 2.05) is 37.3 Å². The Kier molecular flexibility index (Phi) is 7.52. The van der Waals surface area contributed by atoms with Crippen LogP contribution in [0.4, 0.5) is 5.69 Å². The molecule has 0 aliphatic carbocycles. The van der Waals surface area contributed by atoms with Gasteiger partial charge in [0.15, 0.2) is 0 Å². The first-order chi connectivity index (χ1) is 15.0. The van der Waals surface area contributed by atoms with Crippen LogP contribution in [0.15, 0.2) is 59.6 Å². The van der Waals surface area contributed by atoms with Crippen molar-refractivity contribution >= 4 is 23.4 Å². The monoisotopic (exact) mass is 433 g/mol. The van der Waals surface area contributed by atoms with Crippen molar-refractivity contribution in [3.63, 3.8) is 0 Å². The average molecular weight is 434 g/mol. The van der Waals surface area contributed by atoms with E-state index in [0.717, 1.165) is 11.3 Å². The molecule has 158 valence electrons. The maximum atomic E-state index is 12.4. The van der Waals surface area contributed by atoms with E-state index >= 15 is 0 Å². The van der Waals surface area contributed by atoms with Gasteiger partial charge >= 0.3 is 0 Å². The topological polar surface area (TPSA) is 84.2 Å². The summed E-state index contributed by atoms with van der Waals surface area (Å²) in [5.41, 5.74) is 4.04. The van der Waals surface area contributed by atoms with E-state index in [-0.39, 0.29) is 12.3 Å². The molecule has 1 heterocycles. The van der Waals surface area contributed by atoms with Crippen LogP contribution in [0.5, 0.6) is 11.5 Å². The third-order valence-electron chi connectivity index (χ3n) is 4.58. The Morgan fingerprint density at radius 3 is 2.55 bits per heavy atom. The van der Waals surface area contributed by atoms with Crippen molar-refractivity contribution in [2.45, 2.75) is 18.4 Å². The lowest BCUT2D eigenvalue weighted by Gasteiger charge is -2.11. The standard InChI is InChI=1S/C24H23N3O3S/c1-16-4-6-17(7-5-16)20-10-8-18(15-25)24(27-20)31-13-12-23(28)26-21-11-9-19(29-2)14-22(21)30-3/h4-11,14H,12-13H2,1-3H3,(H,26,28). The molecule has 0 radical (unpaired) electrons. The first-order valence-electron chi connectivity index (χ1n) is 9.67. The Morgan fingerprint density at radius 2 is 1.87 bits per heavy atom. The summed E-state index contributed by atoms with van der Waals surface area (Å²) in [6, 6.07) is 19.1. The largest absolute Gasteiger partial charge is 0.497 e. The van der Waals surface area contributed by atoms with Crippen LogP contribution in [0.25, 0.3) is 11.3 Å². The number of methoxy groups -OCH3 is 2. The Hall–Kier alpha value is -3.50. The molecule has 0 atom stereocenters. The molecule has 0 unspecified atom stereocenters. The number of aryl methyl sites for hydroxylation is 1. The number of anilines is 1. The number of pyridine rings is 1. The smallest absolute Gasteiger partial charge is 0.225 e. The lowest BCUT2D eigenvalue weighted by Crippen LogP contribution is -2.13. The average Bonchev–Trinajstić information content (AvgIpc) is 2.79. The molecule has 0 saturated carbocycles. The van der Waals surface area contributed by atoms with Gasteiger partial charge < -0.3 is 14.8 Å². The van der Waals surface area contributed by atoms with Crippen molar-refractivity contribution in [3.05, 3.63) is 65.7 Å². The second kappa shape index (κ2) is 10.5. The van der Waals surface area contributed by atoms with E-state index in [2.05, 4.69) is 16.4 Å². The second-order valence-corrected chi connectivity index (χ2v) is 7.82. The van der Waals surface area contributed by atoms with Gasteiger partial charge in [0.1, 0.15) is 22.6 Å². The molecular weight excluding hydrogens is 410 g/mol. The van der Waals surface area contributed by atoms with Crippen LogP contribution >= 0.6 is 11.8 Å². The van der Waals surface area contributed by atoms with Crippen molar-refractivity contribution in [1.82, 2.24) is 4.98 Å². The predicted molar refractivity (Wildman–Crippen MR) is 123 cm³/mol. The quantitative estimate of drug-likeness (QED) is 0.500. The number of rotatable bonds is 8. The molecule has 3 aromatic rings. The normalized spacial score (nSPS) is 10.3. The Balaban J connectivity index is 1.64. The van der Waals surface area contributed by atoms with Gasteiger partial charge in [0, 0.05) is 23.8 Å². The van der Waals surface area contributed by atoms with Crippen molar-refractivity contribution in [2.75, 3.05) is 25.3 Å². The molecule has 31 heavy (non-hydrogen) atoms. The lowest BCUT2D eigenvalue weighted by atomic mass is 10.1. The Bertz CT molecular complexity index is 1110. The summed E-state index contributed by atoms with van der Waals surface area (Å²) in [7, 11) is 3.11. The lowest BCUT2D eigenvalue weighted by molar-refractivity contribution is -0.115. The number of nitrogens with one attached hydrogen (secondary N) is 1. The molecule has 2 aromatic carbocycles. The number of nitriles is 1. The SMILES string of the molecule is COc1ccc(NC(=O)CCSc2nc(-c3ccc(C)cc3)ccc2C#N)c(OC)c1. The van der Waals surface area contributed by atoms with Crippen LogP contribution in [0.2, 0.25) is 0 Å². The van der Waals surface area contributed by atoms with Gasteiger partial charge in [0.05, 0.1) is 31.2 Å². The predicted octanol–water partition coefficient (Wildman–Crippen LogP) is 5.07. The summed E-state index contributed by atoms with van der Waals surface area (Å²) in [5, 5.41) is 12.9. The van der Waals surface area contributed by atoms with Gasteiger partial charge in [-0.05, 0) is 31.2 Å². The van der Waals surface area contributed by atoms with E-state index in [4.69, 9.17) is 9.47 Å². The van der Waals surface area contributed by atoms with Gasteiger partial charge in [0.25, 0.3) is 0 Å². The van der Waals surface area contributed by atoms with Crippen molar-refractivity contribution < 1.29 is 14.3 Å². The third kappa shape index (κ3) is 5.77. The zero-order chi connectivity index (χ0) is 22.2. The molecule has 0 spiro atoms. The number of benzene rings is 2. The maximum absolute atomic E-state index is 12.4. The first-order valence-corrected chi connectivity index (χ1v) is 10.7. The van der Waals surface area contributed by atoms with Crippen LogP contribution in [0, 0.1) is 18.3 Å². The van der Waals surface area contributed by atoms with Crippen molar-refractivity contribution in [1.29, 1.82) is 5.26 Å². The van der Waals surface area contributed by atoms with Gasteiger partial charge in [-0.3, -0.25) is 4.79 Å². The summed E-state index contributed by atoms with van der Waals surface area (Å²) < 4.78 is 10.5. The number of hydrogen-bond acceptors (Lipinski definition) is 6.